The highest BCUT2D eigenvalue weighted by atomic mass is 79.9. The predicted octanol–water partition coefficient (Wildman–Crippen LogP) is 4.44. The highest BCUT2D eigenvalue weighted by Gasteiger charge is 2.22. The minimum Gasteiger partial charge on any atom is -0.344 e. The predicted molar refractivity (Wildman–Crippen MR) is 102 cm³/mol. The topological polar surface area (TPSA) is 32.3 Å². The summed E-state index contributed by atoms with van der Waals surface area (Å²) in [5.41, 5.74) is 1.04. The molecule has 0 aliphatic heterocycles. The van der Waals surface area contributed by atoms with Crippen molar-refractivity contribution >= 4 is 33.4 Å². The Morgan fingerprint density at radius 2 is 2.22 bits per heavy atom. The molecule has 23 heavy (non-hydrogen) atoms. The molecule has 0 radical (unpaired) electrons. The van der Waals surface area contributed by atoms with Gasteiger partial charge in [-0.25, -0.2) is 0 Å². The quantitative estimate of drug-likeness (QED) is 0.464. The Hall–Kier alpha value is -0.840. The van der Waals surface area contributed by atoms with E-state index < -0.39 is 0 Å². The van der Waals surface area contributed by atoms with E-state index in [2.05, 4.69) is 27.8 Å². The van der Waals surface area contributed by atoms with Crippen LogP contribution in [0.25, 0.3) is 0 Å². The third kappa shape index (κ3) is 7.06. The first-order chi connectivity index (χ1) is 11.0. The highest BCUT2D eigenvalue weighted by molar-refractivity contribution is 9.10. The molecule has 0 saturated carbocycles. The minimum atomic E-state index is -0.237. The molecule has 1 aromatic rings. The number of benzene rings is 1. The summed E-state index contributed by atoms with van der Waals surface area (Å²) in [4.78, 5) is 14.5. The summed E-state index contributed by atoms with van der Waals surface area (Å²) in [7, 11) is 1.87. The lowest BCUT2D eigenvalue weighted by molar-refractivity contribution is -0.132. The van der Waals surface area contributed by atoms with Crippen molar-refractivity contribution in [2.24, 2.45) is 0 Å². The fourth-order valence-corrected chi connectivity index (χ4v) is 3.03. The standard InChI is InChI=1S/C18H26BrClN2O/c1-4-6-7-8-11-22(3)18(23)17(21-5-2)13-14-12-15(20)9-10-16(14)19/h4,9-10,12,17,21H,1,5-8,11,13H2,2-3H3/t17-/m0/s1. The Morgan fingerprint density at radius 1 is 1.48 bits per heavy atom. The maximum absolute atomic E-state index is 12.7. The molecule has 0 spiro atoms. The summed E-state index contributed by atoms with van der Waals surface area (Å²) in [5.74, 6) is 0.123. The Labute approximate surface area is 153 Å². The van der Waals surface area contributed by atoms with Gasteiger partial charge in [0.05, 0.1) is 6.04 Å². The molecule has 0 heterocycles. The molecule has 0 aliphatic rings. The third-order valence-electron chi connectivity index (χ3n) is 3.71. The van der Waals surface area contributed by atoms with Crippen LogP contribution in [0.3, 0.4) is 0 Å². The SMILES string of the molecule is C=CCCCCN(C)C(=O)[C@H](Cc1cc(Cl)ccc1Br)NCC. The molecule has 1 atom stereocenters. The van der Waals surface area contributed by atoms with E-state index in [1.165, 1.54) is 0 Å². The number of allylic oxidation sites excluding steroid dienone is 1. The van der Waals surface area contributed by atoms with E-state index in [-0.39, 0.29) is 11.9 Å². The van der Waals surface area contributed by atoms with E-state index in [1.54, 1.807) is 0 Å². The molecule has 1 rings (SSSR count). The Kier molecular flexibility index (Phi) is 9.53. The summed E-state index contributed by atoms with van der Waals surface area (Å²) in [6.45, 7) is 7.25. The van der Waals surface area contributed by atoms with E-state index in [9.17, 15) is 4.79 Å². The van der Waals surface area contributed by atoms with Gasteiger partial charge in [0, 0.05) is 23.1 Å². The first-order valence-corrected chi connectivity index (χ1v) is 9.19. The van der Waals surface area contributed by atoms with Crippen molar-refractivity contribution in [1.29, 1.82) is 0 Å². The maximum Gasteiger partial charge on any atom is 0.239 e. The minimum absolute atomic E-state index is 0.123. The summed E-state index contributed by atoms with van der Waals surface area (Å²) in [6, 6.07) is 5.43. The van der Waals surface area contributed by atoms with Crippen LogP contribution in [0.4, 0.5) is 0 Å². The number of nitrogens with one attached hydrogen (secondary N) is 1. The number of amides is 1. The van der Waals surface area contributed by atoms with E-state index >= 15 is 0 Å². The summed E-state index contributed by atoms with van der Waals surface area (Å²) in [6.07, 6.45) is 5.58. The van der Waals surface area contributed by atoms with Gasteiger partial charge in [0.1, 0.15) is 0 Å². The lowest BCUT2D eigenvalue weighted by Gasteiger charge is -2.25. The van der Waals surface area contributed by atoms with Crippen LogP contribution in [-0.4, -0.2) is 37.0 Å². The van der Waals surface area contributed by atoms with Crippen molar-refractivity contribution in [2.75, 3.05) is 20.1 Å². The van der Waals surface area contributed by atoms with E-state index in [0.29, 0.717) is 11.4 Å². The van der Waals surface area contributed by atoms with Crippen LogP contribution >= 0.6 is 27.5 Å². The maximum atomic E-state index is 12.7. The van der Waals surface area contributed by atoms with Crippen LogP contribution in [0.2, 0.25) is 5.02 Å². The highest BCUT2D eigenvalue weighted by Crippen LogP contribution is 2.22. The number of hydrogen-bond acceptors (Lipinski definition) is 2. The first-order valence-electron chi connectivity index (χ1n) is 8.02. The largest absolute Gasteiger partial charge is 0.344 e. The van der Waals surface area contributed by atoms with E-state index in [0.717, 1.165) is 42.4 Å². The van der Waals surface area contributed by atoms with Crippen LogP contribution in [0, 0.1) is 0 Å². The number of halogens is 2. The fourth-order valence-electron chi connectivity index (χ4n) is 2.43. The van der Waals surface area contributed by atoms with Gasteiger partial charge in [-0.1, -0.05) is 40.5 Å². The lowest BCUT2D eigenvalue weighted by atomic mass is 10.0. The first kappa shape index (κ1) is 20.2. The van der Waals surface area contributed by atoms with Crippen molar-refractivity contribution in [3.63, 3.8) is 0 Å². The molecule has 3 nitrogen and oxygen atoms in total. The average Bonchev–Trinajstić information content (AvgIpc) is 2.53. The number of likely N-dealkylation sites (N-methyl/N-ethyl adjacent to an activating group) is 2. The summed E-state index contributed by atoms with van der Waals surface area (Å²) >= 11 is 9.61. The van der Waals surface area contributed by atoms with Crippen LogP contribution in [0.5, 0.6) is 0 Å². The van der Waals surface area contributed by atoms with Gasteiger partial charge in [0.15, 0.2) is 0 Å². The fraction of sp³-hybridized carbons (Fsp3) is 0.500. The molecule has 0 saturated heterocycles. The third-order valence-corrected chi connectivity index (χ3v) is 4.72. The van der Waals surface area contributed by atoms with Gasteiger partial charge in [0.2, 0.25) is 5.91 Å². The second-order valence-corrected chi connectivity index (χ2v) is 6.89. The summed E-state index contributed by atoms with van der Waals surface area (Å²) < 4.78 is 0.978. The normalized spacial score (nSPS) is 12.0. The van der Waals surface area contributed by atoms with Gasteiger partial charge < -0.3 is 10.2 Å². The number of nitrogens with zero attached hydrogens (tertiary/aromatic N) is 1. The van der Waals surface area contributed by atoms with Gasteiger partial charge in [0.25, 0.3) is 0 Å². The molecule has 5 heteroatoms. The molecule has 0 aromatic heterocycles. The van der Waals surface area contributed by atoms with E-state index in [1.807, 2.05) is 43.1 Å². The van der Waals surface area contributed by atoms with Crippen molar-refractivity contribution in [1.82, 2.24) is 10.2 Å². The molecule has 0 bridgehead atoms. The van der Waals surface area contributed by atoms with Gasteiger partial charge in [-0.2, -0.15) is 0 Å². The van der Waals surface area contributed by atoms with Crippen molar-refractivity contribution in [3.8, 4) is 0 Å². The second-order valence-electron chi connectivity index (χ2n) is 5.59. The molecule has 1 amide bonds. The average molecular weight is 402 g/mol. The molecule has 1 aromatic carbocycles. The Balaban J connectivity index is 2.70. The van der Waals surface area contributed by atoms with Gasteiger partial charge in [-0.15, -0.1) is 6.58 Å². The molecule has 0 fully saturated rings. The van der Waals surface area contributed by atoms with Crippen LogP contribution in [0.15, 0.2) is 35.3 Å². The number of rotatable bonds is 10. The molecule has 128 valence electrons. The van der Waals surface area contributed by atoms with E-state index in [4.69, 9.17) is 11.6 Å². The summed E-state index contributed by atoms with van der Waals surface area (Å²) in [5, 5.41) is 3.97. The number of hydrogen-bond donors (Lipinski definition) is 1. The second kappa shape index (κ2) is 10.8. The van der Waals surface area contributed by atoms with Crippen LogP contribution in [0.1, 0.15) is 31.7 Å². The lowest BCUT2D eigenvalue weighted by Crippen LogP contribution is -2.46. The van der Waals surface area contributed by atoms with Crippen molar-refractivity contribution in [3.05, 3.63) is 45.9 Å². The number of carbonyl (C=O) groups is 1. The number of carbonyl (C=O) groups excluding carboxylic acids is 1. The molecule has 1 N–H and O–H groups in total. The smallest absolute Gasteiger partial charge is 0.239 e. The zero-order chi connectivity index (χ0) is 17.2. The van der Waals surface area contributed by atoms with Crippen molar-refractivity contribution in [2.45, 2.75) is 38.6 Å². The molecular formula is C18H26BrClN2O. The molecule has 0 unspecified atom stereocenters. The zero-order valence-electron chi connectivity index (χ0n) is 13.9. The number of unbranched alkanes of at least 4 members (excludes halogenated alkanes) is 2. The molecular weight excluding hydrogens is 376 g/mol. The van der Waals surface area contributed by atoms with Crippen molar-refractivity contribution < 1.29 is 4.79 Å². The van der Waals surface area contributed by atoms with Crippen LogP contribution in [-0.2, 0) is 11.2 Å². The van der Waals surface area contributed by atoms with Crippen LogP contribution < -0.4 is 5.32 Å². The van der Waals surface area contributed by atoms with Gasteiger partial charge in [-0.3, -0.25) is 4.79 Å². The Morgan fingerprint density at radius 3 is 2.87 bits per heavy atom. The van der Waals surface area contributed by atoms with Gasteiger partial charge in [-0.05, 0) is 56.0 Å². The molecule has 0 aliphatic carbocycles. The van der Waals surface area contributed by atoms with Gasteiger partial charge >= 0.3 is 0 Å². The zero-order valence-corrected chi connectivity index (χ0v) is 16.3. The monoisotopic (exact) mass is 400 g/mol. The Bertz CT molecular complexity index is 522.